The Kier molecular flexibility index (Phi) is 10.4. The number of aliphatic hydroxyl groups is 2. The highest BCUT2D eigenvalue weighted by atomic mass is 28.5. The molecule has 0 saturated carbocycles. The zero-order valence-corrected chi connectivity index (χ0v) is 23.9. The minimum Gasteiger partial charge on any atom is -0.448 e. The Hall–Kier alpha value is -0.122. The number of aliphatic hydroxyl groups excluding tert-OH is 2. The summed E-state index contributed by atoms with van der Waals surface area (Å²) in [6, 6.07) is 0. The number of hydrogen-bond acceptors (Lipinski definition) is 7. The minimum absolute atomic E-state index is 0.236. The first-order valence-corrected chi connectivity index (χ1v) is 22.1. The summed E-state index contributed by atoms with van der Waals surface area (Å²) >= 11 is 0. The molecule has 0 saturated heterocycles. The second-order valence-corrected chi connectivity index (χ2v) is 27.2. The van der Waals surface area contributed by atoms with Crippen LogP contribution in [0.4, 0.5) is 0 Å². The van der Waals surface area contributed by atoms with E-state index >= 15 is 0 Å². The summed E-state index contributed by atoms with van der Waals surface area (Å²) in [7, 11) is -10.8. The van der Waals surface area contributed by atoms with E-state index in [2.05, 4.69) is 6.58 Å². The van der Waals surface area contributed by atoms with E-state index < -0.39 is 57.7 Å². The molecule has 0 bridgehead atoms. The monoisotopic (exact) mass is 482 g/mol. The second-order valence-electron chi connectivity index (χ2n) is 10.2. The average molecular weight is 483 g/mol. The standard InChI is InChI=1S/C18H42O7Si4/c1-12-14-18(16(20)15-19,22-17(21)13-2)29(23-26(3,4)5,24-27(6,7)8)25-28(9,10)11/h13,16,19-20H,2,12,14-15H2,1,3-11H3. The van der Waals surface area contributed by atoms with Gasteiger partial charge in [-0.1, -0.05) is 19.9 Å². The quantitative estimate of drug-likeness (QED) is 0.235. The predicted octanol–water partition coefficient (Wildman–Crippen LogP) is 3.64. The Morgan fingerprint density at radius 3 is 1.59 bits per heavy atom. The normalized spacial score (nSPS) is 16.8. The molecule has 0 aromatic rings. The SMILES string of the molecule is C=CC(=O)OC(CCC)(C(O)CO)[Si](O[Si](C)(C)C)(O[Si](C)(C)C)O[Si](C)(C)C. The molecule has 0 aromatic carbocycles. The molecule has 0 aliphatic heterocycles. The Morgan fingerprint density at radius 1 is 0.966 bits per heavy atom. The fourth-order valence-corrected chi connectivity index (χ4v) is 17.6. The van der Waals surface area contributed by atoms with Crippen LogP contribution >= 0.6 is 0 Å². The molecule has 2 unspecified atom stereocenters. The summed E-state index contributed by atoms with van der Waals surface area (Å²) in [6.45, 7) is 22.9. The summed E-state index contributed by atoms with van der Waals surface area (Å²) < 4.78 is 25.9. The van der Waals surface area contributed by atoms with Gasteiger partial charge in [-0.3, -0.25) is 0 Å². The van der Waals surface area contributed by atoms with Crippen molar-refractivity contribution in [2.24, 2.45) is 0 Å². The lowest BCUT2D eigenvalue weighted by atomic mass is 10.1. The van der Waals surface area contributed by atoms with Crippen LogP contribution in [0.1, 0.15) is 19.8 Å². The van der Waals surface area contributed by atoms with E-state index in [4.69, 9.17) is 17.1 Å². The Balaban J connectivity index is 7.15. The third-order valence-corrected chi connectivity index (χ3v) is 15.9. The summed E-state index contributed by atoms with van der Waals surface area (Å²) in [5.41, 5.74) is 0. The van der Waals surface area contributed by atoms with E-state index in [1.807, 2.05) is 65.8 Å². The highest BCUT2D eigenvalue weighted by Gasteiger charge is 2.70. The number of carbonyl (C=O) groups is 1. The van der Waals surface area contributed by atoms with Crippen molar-refractivity contribution >= 4 is 39.7 Å². The maximum Gasteiger partial charge on any atom is 0.518 e. The smallest absolute Gasteiger partial charge is 0.448 e. The zero-order valence-electron chi connectivity index (χ0n) is 19.9. The lowest BCUT2D eigenvalue weighted by Crippen LogP contribution is -2.77. The van der Waals surface area contributed by atoms with Crippen LogP contribution in [0.5, 0.6) is 0 Å². The van der Waals surface area contributed by atoms with E-state index in [0.717, 1.165) is 6.08 Å². The van der Waals surface area contributed by atoms with E-state index in [1.165, 1.54) is 0 Å². The van der Waals surface area contributed by atoms with E-state index in [1.54, 1.807) is 0 Å². The van der Waals surface area contributed by atoms with E-state index in [-0.39, 0.29) is 6.42 Å². The maximum absolute atomic E-state index is 12.4. The number of esters is 1. The van der Waals surface area contributed by atoms with Gasteiger partial charge in [0.25, 0.3) is 0 Å². The molecule has 29 heavy (non-hydrogen) atoms. The molecule has 0 rings (SSSR count). The van der Waals surface area contributed by atoms with Crippen LogP contribution in [0.15, 0.2) is 12.7 Å². The Bertz CT molecular complexity index is 511. The average Bonchev–Trinajstić information content (AvgIpc) is 2.47. The number of ether oxygens (including phenoxy) is 1. The molecule has 0 amide bonds. The highest BCUT2D eigenvalue weighted by molar-refractivity contribution is 6.91. The maximum atomic E-state index is 12.4. The van der Waals surface area contributed by atoms with Crippen molar-refractivity contribution in [1.82, 2.24) is 0 Å². The van der Waals surface area contributed by atoms with Gasteiger partial charge in [-0.15, -0.1) is 0 Å². The van der Waals surface area contributed by atoms with Crippen LogP contribution in [0, 0.1) is 0 Å². The molecule has 0 aliphatic carbocycles. The summed E-state index contributed by atoms with van der Waals surface area (Å²) in [6.07, 6.45) is 0.433. The van der Waals surface area contributed by atoms with Crippen LogP contribution in [-0.2, 0) is 21.9 Å². The first kappa shape index (κ1) is 28.9. The molecule has 0 aromatic heterocycles. The first-order chi connectivity index (χ1) is 12.9. The van der Waals surface area contributed by atoms with Gasteiger partial charge < -0.3 is 27.3 Å². The molecule has 0 heterocycles. The summed E-state index contributed by atoms with van der Waals surface area (Å²) in [4.78, 5) is 12.4. The Labute approximate surface area is 181 Å². The highest BCUT2D eigenvalue weighted by Crippen LogP contribution is 2.41. The molecule has 0 aliphatic rings. The Morgan fingerprint density at radius 2 is 1.34 bits per heavy atom. The molecule has 0 fully saturated rings. The molecule has 11 heteroatoms. The van der Waals surface area contributed by atoms with Gasteiger partial charge in [0, 0.05) is 6.08 Å². The fraction of sp³-hybridized carbons (Fsp3) is 0.833. The van der Waals surface area contributed by atoms with Crippen molar-refractivity contribution < 1.29 is 32.1 Å². The fourth-order valence-electron chi connectivity index (χ4n) is 2.98. The van der Waals surface area contributed by atoms with Gasteiger partial charge in [0.05, 0.1) is 6.61 Å². The zero-order chi connectivity index (χ0) is 23.3. The van der Waals surface area contributed by atoms with Crippen molar-refractivity contribution in [3.05, 3.63) is 12.7 Å². The van der Waals surface area contributed by atoms with Gasteiger partial charge in [-0.2, -0.15) is 0 Å². The molecule has 0 radical (unpaired) electrons. The van der Waals surface area contributed by atoms with Crippen LogP contribution < -0.4 is 0 Å². The number of rotatable bonds is 13. The molecule has 7 nitrogen and oxygen atoms in total. The largest absolute Gasteiger partial charge is 0.518 e. The van der Waals surface area contributed by atoms with Gasteiger partial charge in [-0.05, 0) is 65.3 Å². The number of carbonyl (C=O) groups excluding carboxylic acids is 1. The van der Waals surface area contributed by atoms with Gasteiger partial charge in [0.1, 0.15) is 6.10 Å². The minimum atomic E-state index is -3.88. The van der Waals surface area contributed by atoms with Crippen LogP contribution in [-0.4, -0.2) is 67.9 Å². The van der Waals surface area contributed by atoms with E-state index in [9.17, 15) is 15.0 Å². The summed E-state index contributed by atoms with van der Waals surface area (Å²) in [5, 5.41) is 19.4. The van der Waals surface area contributed by atoms with E-state index in [0.29, 0.717) is 6.42 Å². The van der Waals surface area contributed by atoms with Crippen molar-refractivity contribution in [2.75, 3.05) is 6.61 Å². The third-order valence-electron chi connectivity index (χ3n) is 3.62. The predicted molar refractivity (Wildman–Crippen MR) is 126 cm³/mol. The molecule has 2 N–H and O–H groups in total. The van der Waals surface area contributed by atoms with Crippen molar-refractivity contribution in [3.63, 3.8) is 0 Å². The van der Waals surface area contributed by atoms with Crippen LogP contribution in [0.3, 0.4) is 0 Å². The second kappa shape index (κ2) is 10.5. The third kappa shape index (κ3) is 8.87. The summed E-state index contributed by atoms with van der Waals surface area (Å²) in [5.74, 6) is -0.708. The van der Waals surface area contributed by atoms with Gasteiger partial charge in [-0.25, -0.2) is 4.79 Å². The van der Waals surface area contributed by atoms with Gasteiger partial charge in [0.15, 0.2) is 25.0 Å². The lowest BCUT2D eigenvalue weighted by Gasteiger charge is -2.52. The topological polar surface area (TPSA) is 94.5 Å². The van der Waals surface area contributed by atoms with Gasteiger partial charge >= 0.3 is 14.8 Å². The van der Waals surface area contributed by atoms with Crippen LogP contribution in [0.2, 0.25) is 58.9 Å². The molecule has 2 atom stereocenters. The lowest BCUT2D eigenvalue weighted by molar-refractivity contribution is -0.166. The van der Waals surface area contributed by atoms with Crippen molar-refractivity contribution in [1.29, 1.82) is 0 Å². The molecule has 0 spiro atoms. The molecular weight excluding hydrogens is 441 g/mol. The first-order valence-electron chi connectivity index (χ1n) is 10.1. The molecular formula is C18H42O7Si4. The van der Waals surface area contributed by atoms with Crippen LogP contribution in [0.25, 0.3) is 0 Å². The number of hydrogen-bond donors (Lipinski definition) is 2. The van der Waals surface area contributed by atoms with Crippen molar-refractivity contribution in [3.8, 4) is 0 Å². The van der Waals surface area contributed by atoms with Crippen molar-refractivity contribution in [2.45, 2.75) is 90.0 Å². The van der Waals surface area contributed by atoms with Gasteiger partial charge in [0.2, 0.25) is 5.22 Å². The molecule has 172 valence electrons.